The maximum atomic E-state index is 12.1. The fraction of sp³-hybridized carbons (Fsp3) is 0.385. The van der Waals surface area contributed by atoms with Crippen LogP contribution in [0.4, 0.5) is 0 Å². The molecule has 2 heterocycles. The molecule has 0 spiro atoms. The number of hydrogen-bond acceptors (Lipinski definition) is 4. The molecule has 5 nitrogen and oxygen atoms in total. The topological polar surface area (TPSA) is 60.7 Å². The third-order valence-corrected chi connectivity index (χ3v) is 3.20. The van der Waals surface area contributed by atoms with Gasteiger partial charge in [0.15, 0.2) is 5.78 Å². The zero-order valence-corrected chi connectivity index (χ0v) is 10.4. The standard InChI is InChI=1S/C13H14N4O/c1-13(2)6-10-9(11(18)7-13)8-16-17(10)12-14-4-3-5-15-12/h3-5,8H,6-7H2,1-2H3. The smallest absolute Gasteiger partial charge is 0.250 e. The Bertz CT molecular complexity index is 601. The average Bonchev–Trinajstić information content (AvgIpc) is 2.72. The minimum absolute atomic E-state index is 0.0311. The molecule has 0 atom stereocenters. The van der Waals surface area contributed by atoms with Crippen LogP contribution in [0.3, 0.4) is 0 Å². The number of carbonyl (C=O) groups is 1. The predicted molar refractivity (Wildman–Crippen MR) is 65.6 cm³/mol. The van der Waals surface area contributed by atoms with E-state index in [1.165, 1.54) is 0 Å². The molecular weight excluding hydrogens is 228 g/mol. The monoisotopic (exact) mass is 242 g/mol. The Balaban J connectivity index is 2.13. The molecule has 92 valence electrons. The minimum atomic E-state index is -0.0311. The molecule has 3 rings (SSSR count). The van der Waals surface area contributed by atoms with Crippen molar-refractivity contribution in [2.75, 3.05) is 0 Å². The van der Waals surface area contributed by atoms with Gasteiger partial charge in [0.1, 0.15) is 0 Å². The van der Waals surface area contributed by atoms with Gasteiger partial charge in [0, 0.05) is 18.8 Å². The van der Waals surface area contributed by atoms with E-state index in [2.05, 4.69) is 28.9 Å². The summed E-state index contributed by atoms with van der Waals surface area (Å²) in [6.07, 6.45) is 6.36. The van der Waals surface area contributed by atoms with Gasteiger partial charge in [-0.15, -0.1) is 0 Å². The summed E-state index contributed by atoms with van der Waals surface area (Å²) in [4.78, 5) is 20.4. The number of Topliss-reactive ketones (excluding diaryl/α,β-unsaturated/α-hetero) is 1. The first-order valence-corrected chi connectivity index (χ1v) is 5.94. The number of nitrogens with zero attached hydrogens (tertiary/aromatic N) is 4. The molecule has 18 heavy (non-hydrogen) atoms. The van der Waals surface area contributed by atoms with Gasteiger partial charge in [-0.3, -0.25) is 4.79 Å². The van der Waals surface area contributed by atoms with Crippen molar-refractivity contribution < 1.29 is 4.79 Å². The van der Waals surface area contributed by atoms with E-state index < -0.39 is 0 Å². The Morgan fingerprint density at radius 2 is 1.94 bits per heavy atom. The molecule has 0 aromatic carbocycles. The molecule has 0 aliphatic heterocycles. The van der Waals surface area contributed by atoms with Gasteiger partial charge in [-0.05, 0) is 17.9 Å². The fourth-order valence-corrected chi connectivity index (χ4v) is 2.40. The van der Waals surface area contributed by atoms with E-state index in [1.54, 1.807) is 29.3 Å². The zero-order chi connectivity index (χ0) is 12.8. The Morgan fingerprint density at radius 1 is 1.22 bits per heavy atom. The van der Waals surface area contributed by atoms with Gasteiger partial charge < -0.3 is 0 Å². The van der Waals surface area contributed by atoms with E-state index in [1.807, 2.05) is 0 Å². The summed E-state index contributed by atoms with van der Waals surface area (Å²) < 4.78 is 1.67. The van der Waals surface area contributed by atoms with Crippen molar-refractivity contribution in [1.82, 2.24) is 19.7 Å². The average molecular weight is 242 g/mol. The van der Waals surface area contributed by atoms with Crippen LogP contribution >= 0.6 is 0 Å². The molecule has 2 aromatic heterocycles. The van der Waals surface area contributed by atoms with Gasteiger partial charge in [-0.1, -0.05) is 13.8 Å². The number of rotatable bonds is 1. The summed E-state index contributed by atoms with van der Waals surface area (Å²) in [5.74, 6) is 0.674. The minimum Gasteiger partial charge on any atom is -0.294 e. The van der Waals surface area contributed by atoms with Crippen LogP contribution in [0, 0.1) is 5.41 Å². The fourth-order valence-electron chi connectivity index (χ4n) is 2.40. The second-order valence-corrected chi connectivity index (χ2v) is 5.41. The first-order chi connectivity index (χ1) is 8.57. The van der Waals surface area contributed by atoms with Gasteiger partial charge in [-0.2, -0.15) is 5.10 Å². The first-order valence-electron chi connectivity index (χ1n) is 5.94. The van der Waals surface area contributed by atoms with Crippen molar-refractivity contribution in [2.45, 2.75) is 26.7 Å². The van der Waals surface area contributed by atoms with E-state index in [4.69, 9.17) is 0 Å². The summed E-state index contributed by atoms with van der Waals surface area (Å²) in [5.41, 5.74) is 1.60. The van der Waals surface area contributed by atoms with Crippen LogP contribution in [0.1, 0.15) is 36.3 Å². The molecule has 0 saturated heterocycles. The highest BCUT2D eigenvalue weighted by Gasteiger charge is 2.34. The number of carbonyl (C=O) groups excluding carboxylic acids is 1. The maximum absolute atomic E-state index is 12.1. The number of hydrogen-bond donors (Lipinski definition) is 0. The summed E-state index contributed by atoms with van der Waals surface area (Å²) in [6.45, 7) is 4.19. The molecule has 0 unspecified atom stereocenters. The molecule has 0 bridgehead atoms. The second kappa shape index (κ2) is 3.73. The highest BCUT2D eigenvalue weighted by Crippen LogP contribution is 2.34. The highest BCUT2D eigenvalue weighted by atomic mass is 16.1. The Kier molecular flexibility index (Phi) is 2.29. The third-order valence-electron chi connectivity index (χ3n) is 3.20. The van der Waals surface area contributed by atoms with Gasteiger partial charge >= 0.3 is 0 Å². The van der Waals surface area contributed by atoms with Crippen LogP contribution in [0.2, 0.25) is 0 Å². The SMILES string of the molecule is CC1(C)CC(=O)c2cnn(-c3ncccn3)c2C1. The molecule has 0 N–H and O–H groups in total. The van der Waals surface area contributed by atoms with E-state index in [0.717, 1.165) is 12.1 Å². The Morgan fingerprint density at radius 3 is 2.67 bits per heavy atom. The number of fused-ring (bicyclic) bond motifs is 1. The van der Waals surface area contributed by atoms with Crippen LogP contribution in [0.25, 0.3) is 5.95 Å². The Hall–Kier alpha value is -2.04. The Labute approximate surface area is 105 Å². The van der Waals surface area contributed by atoms with Gasteiger partial charge in [0.25, 0.3) is 5.95 Å². The van der Waals surface area contributed by atoms with Gasteiger partial charge in [0.05, 0.1) is 17.5 Å². The van der Waals surface area contributed by atoms with Crippen LogP contribution < -0.4 is 0 Å². The van der Waals surface area contributed by atoms with E-state index >= 15 is 0 Å². The highest BCUT2D eigenvalue weighted by molar-refractivity contribution is 5.98. The lowest BCUT2D eigenvalue weighted by atomic mass is 9.76. The van der Waals surface area contributed by atoms with Crippen molar-refractivity contribution in [3.63, 3.8) is 0 Å². The second-order valence-electron chi connectivity index (χ2n) is 5.41. The van der Waals surface area contributed by atoms with Gasteiger partial charge in [-0.25, -0.2) is 14.6 Å². The molecule has 5 heteroatoms. The van der Waals surface area contributed by atoms with Crippen molar-refractivity contribution in [3.05, 3.63) is 35.9 Å². The van der Waals surface area contributed by atoms with Crippen LogP contribution in [-0.2, 0) is 6.42 Å². The van der Waals surface area contributed by atoms with E-state index in [-0.39, 0.29) is 11.2 Å². The normalized spacial score (nSPS) is 17.6. The number of ketones is 1. The number of aromatic nitrogens is 4. The lowest BCUT2D eigenvalue weighted by molar-refractivity contribution is 0.0911. The lowest BCUT2D eigenvalue weighted by Crippen LogP contribution is -2.28. The van der Waals surface area contributed by atoms with Crippen molar-refractivity contribution in [3.8, 4) is 5.95 Å². The molecule has 2 aromatic rings. The molecule has 1 aliphatic rings. The molecule has 0 fully saturated rings. The van der Waals surface area contributed by atoms with Gasteiger partial charge in [0.2, 0.25) is 0 Å². The molecule has 1 aliphatic carbocycles. The van der Waals surface area contributed by atoms with E-state index in [0.29, 0.717) is 17.9 Å². The zero-order valence-electron chi connectivity index (χ0n) is 10.4. The molecule has 0 saturated carbocycles. The molecule has 0 amide bonds. The maximum Gasteiger partial charge on any atom is 0.250 e. The van der Waals surface area contributed by atoms with Crippen LogP contribution in [0.5, 0.6) is 0 Å². The van der Waals surface area contributed by atoms with Crippen LogP contribution in [-0.4, -0.2) is 25.5 Å². The molecule has 0 radical (unpaired) electrons. The summed E-state index contributed by atoms with van der Waals surface area (Å²) in [6, 6.07) is 1.76. The van der Waals surface area contributed by atoms with Crippen molar-refractivity contribution >= 4 is 5.78 Å². The first kappa shape index (κ1) is 11.1. The van der Waals surface area contributed by atoms with Crippen LogP contribution in [0.15, 0.2) is 24.7 Å². The largest absolute Gasteiger partial charge is 0.294 e. The van der Waals surface area contributed by atoms with Crippen molar-refractivity contribution in [2.24, 2.45) is 5.41 Å². The van der Waals surface area contributed by atoms with E-state index in [9.17, 15) is 4.79 Å². The molecular formula is C13H14N4O. The summed E-state index contributed by atoms with van der Waals surface area (Å²) in [5, 5.41) is 4.25. The van der Waals surface area contributed by atoms with Crippen molar-refractivity contribution in [1.29, 1.82) is 0 Å². The third kappa shape index (κ3) is 1.72. The summed E-state index contributed by atoms with van der Waals surface area (Å²) in [7, 11) is 0. The summed E-state index contributed by atoms with van der Waals surface area (Å²) >= 11 is 0. The lowest BCUT2D eigenvalue weighted by Gasteiger charge is -2.28. The quantitative estimate of drug-likeness (QED) is 0.765. The predicted octanol–water partition coefficient (Wildman–Crippen LogP) is 1.82.